The molecule has 0 radical (unpaired) electrons. The summed E-state index contributed by atoms with van der Waals surface area (Å²) in [7, 11) is 0. The number of para-hydroxylation sites is 1. The van der Waals surface area contributed by atoms with Crippen LogP contribution in [0, 0.1) is 0 Å². The van der Waals surface area contributed by atoms with Gasteiger partial charge in [-0.3, -0.25) is 0 Å². The van der Waals surface area contributed by atoms with Crippen molar-refractivity contribution in [2.45, 2.75) is 5.41 Å². The van der Waals surface area contributed by atoms with Crippen molar-refractivity contribution >= 4 is 21.9 Å². The molecule has 3 nitrogen and oxygen atoms in total. The Balaban J connectivity index is 1.11. The van der Waals surface area contributed by atoms with Crippen LogP contribution in [0.4, 0.5) is 0 Å². The summed E-state index contributed by atoms with van der Waals surface area (Å²) in [5, 5.41) is 2.21. The Hall–Kier alpha value is -8.14. The van der Waals surface area contributed by atoms with Gasteiger partial charge in [-0.25, -0.2) is 9.97 Å². The molecule has 1 aliphatic carbocycles. The molecule has 0 bridgehead atoms. The molecule has 0 amide bonds. The van der Waals surface area contributed by atoms with E-state index in [0.717, 1.165) is 72.3 Å². The van der Waals surface area contributed by atoms with Gasteiger partial charge in [-0.05, 0) is 98.1 Å². The topological polar surface area (TPSA) is 38.9 Å². The first-order valence-corrected chi connectivity index (χ1v) is 21.1. The van der Waals surface area contributed by atoms with Crippen molar-refractivity contribution in [3.8, 4) is 67.3 Å². The molecule has 0 fully saturated rings. The molecule has 290 valence electrons. The van der Waals surface area contributed by atoms with Crippen LogP contribution in [0.5, 0.6) is 0 Å². The third-order valence-corrected chi connectivity index (χ3v) is 12.6. The molecular formula is C59H38N2O. The normalized spacial score (nSPS) is 12.6. The van der Waals surface area contributed by atoms with E-state index in [1.165, 1.54) is 33.4 Å². The zero-order chi connectivity index (χ0) is 41.0. The Morgan fingerprint density at radius 3 is 1.61 bits per heavy atom. The highest BCUT2D eigenvalue weighted by atomic mass is 16.3. The molecule has 1 aliphatic rings. The summed E-state index contributed by atoms with van der Waals surface area (Å²) < 4.78 is 6.24. The van der Waals surface area contributed by atoms with Gasteiger partial charge in [0.05, 0.1) is 16.8 Å². The fraction of sp³-hybridized carbons (Fsp3) is 0.0169. The van der Waals surface area contributed by atoms with Crippen molar-refractivity contribution in [3.63, 3.8) is 0 Å². The molecule has 0 N–H and O–H groups in total. The molecule has 2 heterocycles. The molecule has 62 heavy (non-hydrogen) atoms. The number of fused-ring (bicyclic) bond motifs is 6. The fourth-order valence-corrected chi connectivity index (χ4v) is 9.80. The van der Waals surface area contributed by atoms with Crippen LogP contribution in [0.2, 0.25) is 0 Å². The van der Waals surface area contributed by atoms with E-state index in [2.05, 4.69) is 212 Å². The highest BCUT2D eigenvalue weighted by molar-refractivity contribution is 6.06. The lowest BCUT2D eigenvalue weighted by Crippen LogP contribution is -2.28. The molecule has 2 aromatic heterocycles. The molecule has 0 spiro atoms. The summed E-state index contributed by atoms with van der Waals surface area (Å²) in [4.78, 5) is 10.8. The highest BCUT2D eigenvalue weighted by Crippen LogP contribution is 2.58. The van der Waals surface area contributed by atoms with Gasteiger partial charge in [0.1, 0.15) is 11.2 Å². The Morgan fingerprint density at radius 2 is 0.871 bits per heavy atom. The van der Waals surface area contributed by atoms with Crippen molar-refractivity contribution in [3.05, 3.63) is 253 Å². The van der Waals surface area contributed by atoms with Crippen molar-refractivity contribution in [2.75, 3.05) is 0 Å². The smallest absolute Gasteiger partial charge is 0.160 e. The second kappa shape index (κ2) is 14.5. The van der Waals surface area contributed by atoms with Gasteiger partial charge in [-0.15, -0.1) is 0 Å². The van der Waals surface area contributed by atoms with Crippen LogP contribution in [0.25, 0.3) is 89.2 Å². The van der Waals surface area contributed by atoms with E-state index in [9.17, 15) is 0 Å². The average Bonchev–Trinajstić information content (AvgIpc) is 3.88. The van der Waals surface area contributed by atoms with Gasteiger partial charge < -0.3 is 4.42 Å². The summed E-state index contributed by atoms with van der Waals surface area (Å²) in [5.41, 5.74) is 17.8. The van der Waals surface area contributed by atoms with Gasteiger partial charge in [0.2, 0.25) is 0 Å². The largest absolute Gasteiger partial charge is 0.456 e. The van der Waals surface area contributed by atoms with Crippen LogP contribution in [0.3, 0.4) is 0 Å². The van der Waals surface area contributed by atoms with E-state index in [-0.39, 0.29) is 0 Å². The Labute approximate surface area is 360 Å². The molecule has 0 saturated carbocycles. The summed E-state index contributed by atoms with van der Waals surface area (Å²) in [6.07, 6.45) is 0. The van der Waals surface area contributed by atoms with Crippen LogP contribution >= 0.6 is 0 Å². The molecule has 0 aliphatic heterocycles. The van der Waals surface area contributed by atoms with Crippen molar-refractivity contribution in [2.24, 2.45) is 0 Å². The minimum absolute atomic E-state index is 0.525. The van der Waals surface area contributed by atoms with Crippen LogP contribution in [0.15, 0.2) is 235 Å². The van der Waals surface area contributed by atoms with E-state index in [1.54, 1.807) is 0 Å². The summed E-state index contributed by atoms with van der Waals surface area (Å²) in [6, 6.07) is 82.3. The number of hydrogen-bond acceptors (Lipinski definition) is 3. The Bertz CT molecular complexity index is 3410. The lowest BCUT2D eigenvalue weighted by Gasteiger charge is -2.33. The standard InChI is InChI=1S/C59H38N2O/c1-5-18-39(19-6-1)42-34-43(41-32-33-56-50(37-41)47-26-14-16-31-55(47)62-56)36-44(35-42)53-38-54(61-58(60-53)40-20-7-2-8-21-40)49-28-17-30-52-57(49)48-27-13-15-29-51(48)59(52,45-22-9-3-10-23-45)46-24-11-4-12-25-46/h1-38H. The van der Waals surface area contributed by atoms with E-state index < -0.39 is 5.41 Å². The third kappa shape index (κ3) is 5.74. The SMILES string of the molecule is c1ccc(-c2cc(-c3ccc4oc5ccccc5c4c3)cc(-c3cc(-c4cccc5c4-c4ccccc4C5(c4ccccc4)c4ccccc4)nc(-c4ccccc4)n3)c2)cc1. The molecule has 9 aromatic carbocycles. The first-order valence-electron chi connectivity index (χ1n) is 21.1. The number of aromatic nitrogens is 2. The first kappa shape index (κ1) is 35.8. The molecule has 3 heteroatoms. The van der Waals surface area contributed by atoms with Crippen LogP contribution in [-0.4, -0.2) is 9.97 Å². The van der Waals surface area contributed by atoms with Gasteiger partial charge in [0, 0.05) is 27.5 Å². The minimum atomic E-state index is -0.525. The van der Waals surface area contributed by atoms with Crippen LogP contribution in [-0.2, 0) is 5.41 Å². The molecule has 0 saturated heterocycles. The number of hydrogen-bond donors (Lipinski definition) is 0. The van der Waals surface area contributed by atoms with Crippen LogP contribution in [0.1, 0.15) is 22.3 Å². The van der Waals surface area contributed by atoms with E-state index in [1.807, 2.05) is 18.2 Å². The molecule has 0 unspecified atom stereocenters. The molecule has 0 atom stereocenters. The maximum atomic E-state index is 6.24. The highest BCUT2D eigenvalue weighted by Gasteiger charge is 2.46. The van der Waals surface area contributed by atoms with Gasteiger partial charge in [0.15, 0.2) is 5.82 Å². The predicted octanol–water partition coefficient (Wildman–Crippen LogP) is 15.1. The maximum absolute atomic E-state index is 6.24. The second-order valence-corrected chi connectivity index (χ2v) is 16.1. The average molecular weight is 791 g/mol. The van der Waals surface area contributed by atoms with Gasteiger partial charge in [-0.2, -0.15) is 0 Å². The van der Waals surface area contributed by atoms with Gasteiger partial charge in [0.25, 0.3) is 0 Å². The van der Waals surface area contributed by atoms with E-state index in [4.69, 9.17) is 14.4 Å². The number of benzene rings is 9. The van der Waals surface area contributed by atoms with Gasteiger partial charge >= 0.3 is 0 Å². The molecular weight excluding hydrogens is 753 g/mol. The quantitative estimate of drug-likeness (QED) is 0.161. The lowest BCUT2D eigenvalue weighted by molar-refractivity contribution is 0.669. The molecule has 11 aromatic rings. The first-order chi connectivity index (χ1) is 30.7. The van der Waals surface area contributed by atoms with Crippen molar-refractivity contribution in [1.82, 2.24) is 9.97 Å². The minimum Gasteiger partial charge on any atom is -0.456 e. The second-order valence-electron chi connectivity index (χ2n) is 16.1. The van der Waals surface area contributed by atoms with Crippen molar-refractivity contribution < 1.29 is 4.42 Å². The van der Waals surface area contributed by atoms with Crippen LogP contribution < -0.4 is 0 Å². The van der Waals surface area contributed by atoms with Gasteiger partial charge in [-0.1, -0.05) is 188 Å². The third-order valence-electron chi connectivity index (χ3n) is 12.6. The zero-order valence-corrected chi connectivity index (χ0v) is 33.7. The number of rotatable bonds is 7. The van der Waals surface area contributed by atoms with E-state index >= 15 is 0 Å². The van der Waals surface area contributed by atoms with Crippen molar-refractivity contribution in [1.29, 1.82) is 0 Å². The summed E-state index contributed by atoms with van der Waals surface area (Å²) in [6.45, 7) is 0. The zero-order valence-electron chi connectivity index (χ0n) is 33.7. The lowest BCUT2D eigenvalue weighted by atomic mass is 9.67. The van der Waals surface area contributed by atoms with E-state index in [0.29, 0.717) is 5.82 Å². The monoisotopic (exact) mass is 790 g/mol. The summed E-state index contributed by atoms with van der Waals surface area (Å²) >= 11 is 0. The number of nitrogens with zero attached hydrogens (tertiary/aromatic N) is 2. The Kier molecular flexibility index (Phi) is 8.39. The summed E-state index contributed by atoms with van der Waals surface area (Å²) in [5.74, 6) is 0.678. The predicted molar refractivity (Wildman–Crippen MR) is 254 cm³/mol. The number of furan rings is 1. The Morgan fingerprint density at radius 1 is 0.323 bits per heavy atom. The fourth-order valence-electron chi connectivity index (χ4n) is 9.80. The molecule has 12 rings (SSSR count). The maximum Gasteiger partial charge on any atom is 0.160 e.